The molecule has 0 saturated carbocycles. The molecule has 1 aromatic heterocycles. The Hall–Kier alpha value is -1.73. The van der Waals surface area contributed by atoms with Gasteiger partial charge in [0.2, 0.25) is 10.0 Å². The molecule has 0 fully saturated rings. The molecule has 0 radical (unpaired) electrons. The van der Waals surface area contributed by atoms with Gasteiger partial charge in [0.05, 0.1) is 4.90 Å². The molecule has 0 bridgehead atoms. The van der Waals surface area contributed by atoms with Crippen molar-refractivity contribution in [3.05, 3.63) is 40.5 Å². The first kappa shape index (κ1) is 20.6. The summed E-state index contributed by atoms with van der Waals surface area (Å²) >= 11 is 0. The van der Waals surface area contributed by atoms with Gasteiger partial charge in [0, 0.05) is 13.1 Å². The van der Waals surface area contributed by atoms with Crippen molar-refractivity contribution in [1.29, 1.82) is 0 Å². The molecule has 0 spiro atoms. The summed E-state index contributed by atoms with van der Waals surface area (Å²) in [6.07, 6.45) is 0.653. The van der Waals surface area contributed by atoms with E-state index in [1.54, 1.807) is 10.7 Å². The van der Waals surface area contributed by atoms with E-state index >= 15 is 0 Å². The number of nitrogens with one attached hydrogen (secondary N) is 1. The van der Waals surface area contributed by atoms with Crippen molar-refractivity contribution >= 4 is 10.0 Å². The monoisotopic (exact) mass is 378 g/mol. The predicted octanol–water partition coefficient (Wildman–Crippen LogP) is 3.18. The zero-order chi connectivity index (χ0) is 19.7. The van der Waals surface area contributed by atoms with Gasteiger partial charge in [0.15, 0.2) is 0 Å². The highest BCUT2D eigenvalue weighted by Crippen LogP contribution is 2.29. The van der Waals surface area contributed by atoms with E-state index < -0.39 is 10.0 Å². The molecule has 2 rings (SSSR count). The van der Waals surface area contributed by atoms with Crippen LogP contribution in [0.5, 0.6) is 0 Å². The first-order valence-electron chi connectivity index (χ1n) is 8.91. The maximum Gasteiger partial charge on any atom is 0.240 e. The van der Waals surface area contributed by atoms with Gasteiger partial charge in [-0.15, -0.1) is 0 Å². The SMILES string of the molecule is Cc1nc(C)n(CCCNS(=O)(=O)c2cc(C(C)(C)C)cc(C)c2C)n1. The highest BCUT2D eigenvalue weighted by Gasteiger charge is 2.22. The molecule has 1 N–H and O–H groups in total. The molecule has 1 heterocycles. The topological polar surface area (TPSA) is 76.9 Å². The number of hydrogen-bond donors (Lipinski definition) is 1. The minimum atomic E-state index is -3.55. The summed E-state index contributed by atoms with van der Waals surface area (Å²) < 4.78 is 30.2. The van der Waals surface area contributed by atoms with Crippen LogP contribution < -0.4 is 4.72 Å². The molecule has 0 aliphatic heterocycles. The molecule has 144 valence electrons. The van der Waals surface area contributed by atoms with Crippen LogP contribution in [0.1, 0.15) is 55.5 Å². The second-order valence-electron chi connectivity index (χ2n) is 7.85. The summed E-state index contributed by atoms with van der Waals surface area (Å²) in [4.78, 5) is 4.62. The second kappa shape index (κ2) is 7.48. The molecule has 2 aromatic rings. The molecular formula is C19H30N4O2S. The summed E-state index contributed by atoms with van der Waals surface area (Å²) in [6, 6.07) is 3.87. The van der Waals surface area contributed by atoms with Crippen LogP contribution in [0.2, 0.25) is 0 Å². The highest BCUT2D eigenvalue weighted by atomic mass is 32.2. The number of benzene rings is 1. The van der Waals surface area contributed by atoms with Gasteiger partial charge in [-0.25, -0.2) is 18.1 Å². The lowest BCUT2D eigenvalue weighted by molar-refractivity contribution is 0.542. The van der Waals surface area contributed by atoms with Crippen molar-refractivity contribution in [2.24, 2.45) is 0 Å². The largest absolute Gasteiger partial charge is 0.250 e. The van der Waals surface area contributed by atoms with Gasteiger partial charge in [0.1, 0.15) is 11.6 Å². The van der Waals surface area contributed by atoms with Crippen molar-refractivity contribution in [1.82, 2.24) is 19.5 Å². The van der Waals surface area contributed by atoms with Crippen molar-refractivity contribution in [3.8, 4) is 0 Å². The smallest absolute Gasteiger partial charge is 0.240 e. The highest BCUT2D eigenvalue weighted by molar-refractivity contribution is 7.89. The Labute approximate surface area is 157 Å². The molecular weight excluding hydrogens is 348 g/mol. The van der Waals surface area contributed by atoms with E-state index in [1.165, 1.54) is 0 Å². The molecule has 7 heteroatoms. The molecule has 1 aromatic carbocycles. The van der Waals surface area contributed by atoms with Crippen molar-refractivity contribution in [2.45, 2.75) is 71.7 Å². The summed E-state index contributed by atoms with van der Waals surface area (Å²) in [5, 5.41) is 4.30. The predicted molar refractivity (Wildman–Crippen MR) is 104 cm³/mol. The maximum absolute atomic E-state index is 12.8. The van der Waals surface area contributed by atoms with E-state index in [1.807, 2.05) is 27.7 Å². The van der Waals surface area contributed by atoms with E-state index in [2.05, 4.69) is 41.6 Å². The maximum atomic E-state index is 12.8. The van der Waals surface area contributed by atoms with Gasteiger partial charge in [0.25, 0.3) is 0 Å². The third-order valence-corrected chi connectivity index (χ3v) is 6.16. The lowest BCUT2D eigenvalue weighted by Crippen LogP contribution is -2.27. The quantitative estimate of drug-likeness (QED) is 0.783. The van der Waals surface area contributed by atoms with Gasteiger partial charge >= 0.3 is 0 Å². The average Bonchev–Trinajstić information content (AvgIpc) is 2.83. The van der Waals surface area contributed by atoms with E-state index in [0.29, 0.717) is 24.4 Å². The second-order valence-corrected chi connectivity index (χ2v) is 9.58. The third-order valence-electron chi connectivity index (χ3n) is 4.58. The molecule has 0 unspecified atom stereocenters. The van der Waals surface area contributed by atoms with Gasteiger partial charge in [-0.05, 0) is 62.3 Å². The summed E-state index contributed by atoms with van der Waals surface area (Å²) in [6.45, 7) is 14.8. The van der Waals surface area contributed by atoms with Gasteiger partial charge in [-0.1, -0.05) is 26.8 Å². The Morgan fingerprint density at radius 1 is 1.12 bits per heavy atom. The van der Waals surface area contributed by atoms with E-state index in [9.17, 15) is 8.42 Å². The van der Waals surface area contributed by atoms with Crippen molar-refractivity contribution in [2.75, 3.05) is 6.54 Å². The lowest BCUT2D eigenvalue weighted by Gasteiger charge is -2.22. The number of sulfonamides is 1. The number of hydrogen-bond acceptors (Lipinski definition) is 4. The minimum absolute atomic E-state index is 0.106. The van der Waals surface area contributed by atoms with Crippen molar-refractivity contribution < 1.29 is 8.42 Å². The number of aryl methyl sites for hydroxylation is 4. The van der Waals surface area contributed by atoms with Crippen LogP contribution in [-0.2, 0) is 22.0 Å². The Morgan fingerprint density at radius 3 is 2.31 bits per heavy atom. The molecule has 0 saturated heterocycles. The molecule has 0 atom stereocenters. The number of aromatic nitrogens is 3. The van der Waals surface area contributed by atoms with Crippen LogP contribution in [0.3, 0.4) is 0 Å². The third kappa shape index (κ3) is 4.71. The van der Waals surface area contributed by atoms with Crippen LogP contribution in [-0.4, -0.2) is 29.7 Å². The van der Waals surface area contributed by atoms with E-state index in [4.69, 9.17) is 0 Å². The van der Waals surface area contributed by atoms with E-state index in [0.717, 1.165) is 28.3 Å². The van der Waals surface area contributed by atoms with Crippen LogP contribution in [0.15, 0.2) is 17.0 Å². The fraction of sp³-hybridized carbons (Fsp3) is 0.579. The number of nitrogens with zero attached hydrogens (tertiary/aromatic N) is 3. The molecule has 0 amide bonds. The summed E-state index contributed by atoms with van der Waals surface area (Å²) in [5.74, 6) is 1.57. The zero-order valence-corrected chi connectivity index (χ0v) is 17.7. The van der Waals surface area contributed by atoms with Crippen LogP contribution in [0.4, 0.5) is 0 Å². The van der Waals surface area contributed by atoms with Gasteiger partial charge in [-0.2, -0.15) is 5.10 Å². The fourth-order valence-electron chi connectivity index (χ4n) is 2.83. The van der Waals surface area contributed by atoms with Crippen LogP contribution in [0, 0.1) is 27.7 Å². The van der Waals surface area contributed by atoms with Crippen LogP contribution in [0.25, 0.3) is 0 Å². The molecule has 0 aliphatic rings. The Kier molecular flexibility index (Phi) is 5.92. The minimum Gasteiger partial charge on any atom is -0.250 e. The Morgan fingerprint density at radius 2 is 1.77 bits per heavy atom. The zero-order valence-electron chi connectivity index (χ0n) is 16.8. The lowest BCUT2D eigenvalue weighted by atomic mass is 9.85. The Bertz CT molecular complexity index is 893. The summed E-state index contributed by atoms with van der Waals surface area (Å²) in [7, 11) is -3.55. The first-order valence-corrected chi connectivity index (χ1v) is 10.4. The van der Waals surface area contributed by atoms with Crippen molar-refractivity contribution in [3.63, 3.8) is 0 Å². The first-order chi connectivity index (χ1) is 11.9. The number of rotatable bonds is 6. The Balaban J connectivity index is 2.12. The van der Waals surface area contributed by atoms with Crippen LogP contribution >= 0.6 is 0 Å². The average molecular weight is 379 g/mol. The fourth-order valence-corrected chi connectivity index (χ4v) is 4.24. The van der Waals surface area contributed by atoms with Gasteiger partial charge < -0.3 is 0 Å². The van der Waals surface area contributed by atoms with Gasteiger partial charge in [-0.3, -0.25) is 4.68 Å². The molecule has 6 nitrogen and oxygen atoms in total. The molecule has 0 aliphatic carbocycles. The van der Waals surface area contributed by atoms with E-state index in [-0.39, 0.29) is 5.41 Å². The molecule has 26 heavy (non-hydrogen) atoms. The summed E-state index contributed by atoms with van der Waals surface area (Å²) in [5.41, 5.74) is 2.71. The standard InChI is InChI=1S/C19H30N4O2S/c1-13-11-17(19(5,6)7)12-18(14(13)2)26(24,25)20-9-8-10-23-16(4)21-15(3)22-23/h11-12,20H,8-10H2,1-7H3. The normalized spacial score (nSPS) is 12.6.